The predicted molar refractivity (Wildman–Crippen MR) is 112 cm³/mol. The number of nitrogens with two attached hydrogens (primary N) is 1. The van der Waals surface area contributed by atoms with Crippen LogP contribution >= 0.6 is 34.3 Å². The highest BCUT2D eigenvalue weighted by molar-refractivity contribution is 7.20. The molecule has 3 aromatic heterocycles. The van der Waals surface area contributed by atoms with Crippen molar-refractivity contribution in [1.29, 1.82) is 0 Å². The lowest BCUT2D eigenvalue weighted by molar-refractivity contribution is 0.989. The number of rotatable bonds is 5. The van der Waals surface area contributed by atoms with Crippen LogP contribution in [0.2, 0.25) is 5.02 Å². The molecule has 3 aromatic rings. The standard InChI is InChI=1S/C13H13ClN4OS2.2C2H6/c14-11-8(1-2-15)21-13-7(5-9(19)18-12(11)13)17-6-10-16-3-4-20-10;2*1-2/h3-5H,1-2,6,15H2,(H2,17,18,19);2*1-2H3. The van der Waals surface area contributed by atoms with Crippen molar-refractivity contribution >= 4 is 50.2 Å². The molecule has 3 rings (SSSR count). The fraction of sp³-hybridized carbons (Fsp3) is 0.412. The lowest BCUT2D eigenvalue weighted by Crippen LogP contribution is -2.07. The zero-order valence-corrected chi connectivity index (χ0v) is 17.4. The number of H-pyrrole nitrogens is 1. The summed E-state index contributed by atoms with van der Waals surface area (Å²) in [4.78, 5) is 19.8. The second-order valence-corrected chi connectivity index (χ2v) is 6.87. The zero-order chi connectivity index (χ0) is 18.8. The Morgan fingerprint density at radius 1 is 1.32 bits per heavy atom. The van der Waals surface area contributed by atoms with Gasteiger partial charge in [-0.05, 0) is 13.0 Å². The van der Waals surface area contributed by atoms with Crippen molar-refractivity contribution < 1.29 is 0 Å². The van der Waals surface area contributed by atoms with Crippen molar-refractivity contribution in [2.24, 2.45) is 5.73 Å². The highest BCUT2D eigenvalue weighted by Gasteiger charge is 2.14. The Bertz CT molecular complexity index is 812. The van der Waals surface area contributed by atoms with E-state index in [4.69, 9.17) is 17.3 Å². The van der Waals surface area contributed by atoms with E-state index in [-0.39, 0.29) is 5.56 Å². The smallest absolute Gasteiger partial charge is 0.250 e. The van der Waals surface area contributed by atoms with Gasteiger partial charge in [-0.2, -0.15) is 0 Å². The number of thiazole rings is 1. The molecule has 25 heavy (non-hydrogen) atoms. The Balaban J connectivity index is 0.000000730. The number of aromatic nitrogens is 2. The van der Waals surface area contributed by atoms with Gasteiger partial charge in [0, 0.05) is 22.5 Å². The summed E-state index contributed by atoms with van der Waals surface area (Å²) in [6.45, 7) is 9.11. The number of nitrogens with one attached hydrogen (secondary N) is 2. The molecule has 3 heterocycles. The minimum Gasteiger partial charge on any atom is -0.377 e. The number of nitrogens with zero attached hydrogens (tertiary/aromatic N) is 1. The van der Waals surface area contributed by atoms with E-state index in [9.17, 15) is 4.79 Å². The Labute approximate surface area is 161 Å². The summed E-state index contributed by atoms with van der Waals surface area (Å²) in [6, 6.07) is 1.55. The van der Waals surface area contributed by atoms with E-state index in [0.717, 1.165) is 20.3 Å². The average Bonchev–Trinajstić information content (AvgIpc) is 3.26. The predicted octanol–water partition coefficient (Wildman–Crippen LogP) is 4.87. The molecular formula is C17H25ClN4OS2. The van der Waals surface area contributed by atoms with Crippen molar-refractivity contribution in [2.45, 2.75) is 40.7 Å². The summed E-state index contributed by atoms with van der Waals surface area (Å²) in [5, 5.41) is 6.74. The summed E-state index contributed by atoms with van der Waals surface area (Å²) in [7, 11) is 0. The number of pyridine rings is 1. The summed E-state index contributed by atoms with van der Waals surface area (Å²) < 4.78 is 0.944. The fourth-order valence-electron chi connectivity index (χ4n) is 2.05. The second kappa shape index (κ2) is 11.3. The van der Waals surface area contributed by atoms with Crippen molar-refractivity contribution in [3.8, 4) is 0 Å². The number of halogens is 1. The number of anilines is 1. The monoisotopic (exact) mass is 400 g/mol. The molecule has 0 saturated carbocycles. The van der Waals surface area contributed by atoms with Crippen LogP contribution in [0.5, 0.6) is 0 Å². The first-order valence-electron chi connectivity index (χ1n) is 8.35. The molecule has 0 spiro atoms. The van der Waals surface area contributed by atoms with Gasteiger partial charge in [-0.1, -0.05) is 39.3 Å². The molecule has 0 bridgehead atoms. The van der Waals surface area contributed by atoms with Gasteiger partial charge >= 0.3 is 0 Å². The first-order valence-corrected chi connectivity index (χ1v) is 10.4. The lowest BCUT2D eigenvalue weighted by atomic mass is 10.3. The van der Waals surface area contributed by atoms with E-state index in [1.165, 1.54) is 0 Å². The number of hydrogen-bond donors (Lipinski definition) is 3. The molecule has 0 aliphatic rings. The number of thiophene rings is 1. The molecule has 8 heteroatoms. The van der Waals surface area contributed by atoms with E-state index in [1.807, 2.05) is 33.1 Å². The number of fused-ring (bicyclic) bond motifs is 1. The van der Waals surface area contributed by atoms with Crippen molar-refractivity contribution in [2.75, 3.05) is 11.9 Å². The summed E-state index contributed by atoms with van der Waals surface area (Å²) in [6.07, 6.45) is 2.46. The van der Waals surface area contributed by atoms with Gasteiger partial charge in [0.2, 0.25) is 0 Å². The molecular weight excluding hydrogens is 376 g/mol. The van der Waals surface area contributed by atoms with Gasteiger partial charge in [0.25, 0.3) is 5.56 Å². The highest BCUT2D eigenvalue weighted by Crippen LogP contribution is 2.37. The van der Waals surface area contributed by atoms with Crippen LogP contribution < -0.4 is 16.6 Å². The number of aromatic amines is 1. The first-order chi connectivity index (χ1) is 12.2. The normalized spacial score (nSPS) is 9.84. The highest BCUT2D eigenvalue weighted by atomic mass is 35.5. The third-order valence-electron chi connectivity index (χ3n) is 2.97. The third kappa shape index (κ3) is 5.54. The maximum absolute atomic E-state index is 11.8. The van der Waals surface area contributed by atoms with E-state index < -0.39 is 0 Å². The van der Waals surface area contributed by atoms with Crippen molar-refractivity contribution in [1.82, 2.24) is 9.97 Å². The van der Waals surface area contributed by atoms with E-state index in [0.29, 0.717) is 30.0 Å². The van der Waals surface area contributed by atoms with Gasteiger partial charge < -0.3 is 16.0 Å². The second-order valence-electron chi connectivity index (χ2n) is 4.41. The number of hydrogen-bond acceptors (Lipinski definition) is 6. The van der Waals surface area contributed by atoms with E-state index >= 15 is 0 Å². The lowest BCUT2D eigenvalue weighted by Gasteiger charge is -2.05. The average molecular weight is 401 g/mol. The Kier molecular flexibility index (Phi) is 9.74. The van der Waals surface area contributed by atoms with Crippen LogP contribution in [0.4, 0.5) is 5.69 Å². The first kappa shape index (κ1) is 21.6. The van der Waals surface area contributed by atoms with Gasteiger partial charge in [-0.15, -0.1) is 22.7 Å². The molecule has 0 aliphatic carbocycles. The van der Waals surface area contributed by atoms with Gasteiger partial charge in [-0.25, -0.2) is 4.98 Å². The molecule has 0 fully saturated rings. The summed E-state index contributed by atoms with van der Waals surface area (Å²) in [5.74, 6) is 0. The molecule has 0 atom stereocenters. The van der Waals surface area contributed by atoms with Gasteiger partial charge in [-0.3, -0.25) is 4.79 Å². The topological polar surface area (TPSA) is 83.8 Å². The Morgan fingerprint density at radius 3 is 2.64 bits per heavy atom. The van der Waals surface area contributed by atoms with Crippen LogP contribution in [0.1, 0.15) is 37.6 Å². The summed E-state index contributed by atoms with van der Waals surface area (Å²) in [5.41, 5.74) is 6.87. The molecule has 0 saturated heterocycles. The molecule has 138 valence electrons. The van der Waals surface area contributed by atoms with Crippen molar-refractivity contribution in [3.05, 3.63) is 42.9 Å². The van der Waals surface area contributed by atoms with Crippen LogP contribution in [0.15, 0.2) is 22.4 Å². The quantitative estimate of drug-likeness (QED) is 0.570. The minimum absolute atomic E-state index is 0.178. The van der Waals surface area contributed by atoms with Gasteiger partial charge in [0.1, 0.15) is 5.01 Å². The largest absolute Gasteiger partial charge is 0.377 e. The van der Waals surface area contributed by atoms with Crippen molar-refractivity contribution in [3.63, 3.8) is 0 Å². The van der Waals surface area contributed by atoms with E-state index in [1.54, 1.807) is 34.9 Å². The maximum atomic E-state index is 11.8. The molecule has 0 aromatic carbocycles. The van der Waals surface area contributed by atoms with Crippen LogP contribution in [0.25, 0.3) is 10.2 Å². The van der Waals surface area contributed by atoms with Crippen LogP contribution in [-0.2, 0) is 13.0 Å². The molecule has 0 amide bonds. The minimum atomic E-state index is -0.178. The molecule has 4 N–H and O–H groups in total. The van der Waals surface area contributed by atoms with Crippen LogP contribution in [-0.4, -0.2) is 16.5 Å². The zero-order valence-electron chi connectivity index (χ0n) is 15.0. The van der Waals surface area contributed by atoms with Gasteiger partial charge in [0.05, 0.1) is 27.5 Å². The molecule has 0 aliphatic heterocycles. The third-order valence-corrected chi connectivity index (χ3v) is 5.56. The molecule has 0 radical (unpaired) electrons. The fourth-order valence-corrected chi connectivity index (χ4v) is 4.17. The molecule has 0 unspecified atom stereocenters. The van der Waals surface area contributed by atoms with Gasteiger partial charge in [0.15, 0.2) is 0 Å². The van der Waals surface area contributed by atoms with Crippen LogP contribution in [0, 0.1) is 0 Å². The van der Waals surface area contributed by atoms with Crippen LogP contribution in [0.3, 0.4) is 0 Å². The molecule has 5 nitrogen and oxygen atoms in total. The Morgan fingerprint density at radius 2 is 2.04 bits per heavy atom. The van der Waals surface area contributed by atoms with E-state index in [2.05, 4.69) is 15.3 Å². The maximum Gasteiger partial charge on any atom is 0.250 e. The summed E-state index contributed by atoms with van der Waals surface area (Å²) >= 11 is 9.46. The Hall–Kier alpha value is -1.41. The SMILES string of the molecule is CC.CC.NCCc1sc2c(NCc3nccs3)cc(=O)[nH]c2c1Cl.